The van der Waals surface area contributed by atoms with Gasteiger partial charge >= 0.3 is 6.09 Å². The molecule has 0 radical (unpaired) electrons. The van der Waals surface area contributed by atoms with E-state index in [1.165, 1.54) is 4.90 Å². The molecular weight excluding hydrogens is 194 g/mol. The Kier molecular flexibility index (Phi) is 3.62. The summed E-state index contributed by atoms with van der Waals surface area (Å²) in [5.74, 6) is 0. The third-order valence-corrected chi connectivity index (χ3v) is 2.35. The molecule has 1 aliphatic heterocycles. The number of carboxylic acid groups (broad SMARTS) is 1. The van der Waals surface area contributed by atoms with Crippen LogP contribution in [0.2, 0.25) is 0 Å². The molecule has 0 spiro atoms. The maximum atomic E-state index is 12.0. The number of hydrogen-bond donors (Lipinski definition) is 1. The number of rotatable bonds is 2. The number of alkyl halides is 2. The van der Waals surface area contributed by atoms with Gasteiger partial charge in [0.1, 0.15) is 0 Å². The zero-order valence-electron chi connectivity index (χ0n) is 7.99. The van der Waals surface area contributed by atoms with Crippen LogP contribution >= 0.6 is 0 Å². The smallest absolute Gasteiger partial charge is 0.407 e. The molecule has 1 atom stereocenters. The Morgan fingerprint density at radius 3 is 2.64 bits per heavy atom. The van der Waals surface area contributed by atoms with E-state index in [4.69, 9.17) is 5.11 Å². The monoisotopic (exact) mass is 208 g/mol. The molecule has 0 aromatic rings. The van der Waals surface area contributed by atoms with Crippen molar-refractivity contribution in [3.05, 3.63) is 0 Å². The van der Waals surface area contributed by atoms with Crippen molar-refractivity contribution in [3.8, 4) is 0 Å². The van der Waals surface area contributed by atoms with E-state index in [1.807, 2.05) is 0 Å². The van der Waals surface area contributed by atoms with Crippen molar-refractivity contribution in [2.45, 2.75) is 19.4 Å². The fraction of sp³-hybridized carbons (Fsp3) is 0.875. The maximum Gasteiger partial charge on any atom is 0.407 e. The molecule has 0 aromatic carbocycles. The lowest BCUT2D eigenvalue weighted by Gasteiger charge is -2.37. The fourth-order valence-electron chi connectivity index (χ4n) is 1.68. The second-order valence-electron chi connectivity index (χ2n) is 3.48. The van der Waals surface area contributed by atoms with Crippen LogP contribution in [0.4, 0.5) is 13.6 Å². The third-order valence-electron chi connectivity index (χ3n) is 2.35. The van der Waals surface area contributed by atoms with Crippen molar-refractivity contribution < 1.29 is 18.7 Å². The predicted octanol–water partition coefficient (Wildman–Crippen LogP) is 0.936. The van der Waals surface area contributed by atoms with Crippen molar-refractivity contribution in [2.75, 3.05) is 26.2 Å². The number of amides is 1. The van der Waals surface area contributed by atoms with Gasteiger partial charge in [0.15, 0.2) is 0 Å². The van der Waals surface area contributed by atoms with Crippen LogP contribution in [0.3, 0.4) is 0 Å². The molecular formula is C8H14F2N2O2. The lowest BCUT2D eigenvalue weighted by atomic mass is 10.2. The molecule has 1 saturated heterocycles. The molecule has 1 aliphatic rings. The van der Waals surface area contributed by atoms with Gasteiger partial charge in [0.25, 0.3) is 6.43 Å². The minimum Gasteiger partial charge on any atom is -0.465 e. The summed E-state index contributed by atoms with van der Waals surface area (Å²) in [5, 5.41) is 8.74. The summed E-state index contributed by atoms with van der Waals surface area (Å²) in [5.41, 5.74) is 0. The summed E-state index contributed by atoms with van der Waals surface area (Å²) in [4.78, 5) is 13.5. The summed E-state index contributed by atoms with van der Waals surface area (Å²) < 4.78 is 24.1. The minimum absolute atomic E-state index is 0.208. The second kappa shape index (κ2) is 4.54. The largest absolute Gasteiger partial charge is 0.465 e. The van der Waals surface area contributed by atoms with Gasteiger partial charge in [0.2, 0.25) is 0 Å². The van der Waals surface area contributed by atoms with Crippen LogP contribution in [0.5, 0.6) is 0 Å². The van der Waals surface area contributed by atoms with Crippen LogP contribution in [0, 0.1) is 0 Å². The lowest BCUT2D eigenvalue weighted by Crippen LogP contribution is -2.54. The summed E-state index contributed by atoms with van der Waals surface area (Å²) in [6.45, 7) is 2.55. The average Bonchev–Trinajstić information content (AvgIpc) is 2.01. The van der Waals surface area contributed by atoms with Gasteiger partial charge in [-0.15, -0.1) is 0 Å². The molecule has 14 heavy (non-hydrogen) atoms. The van der Waals surface area contributed by atoms with Crippen molar-refractivity contribution in [1.82, 2.24) is 9.80 Å². The average molecular weight is 208 g/mol. The van der Waals surface area contributed by atoms with E-state index in [1.54, 1.807) is 11.8 Å². The third kappa shape index (κ3) is 2.80. The Hall–Kier alpha value is -0.910. The predicted molar refractivity (Wildman–Crippen MR) is 46.6 cm³/mol. The SMILES string of the molecule is C[C@@H]1CN(CC(F)F)CCN1C(=O)O. The van der Waals surface area contributed by atoms with Crippen LogP contribution in [-0.2, 0) is 0 Å². The summed E-state index contributed by atoms with van der Waals surface area (Å²) in [7, 11) is 0. The maximum absolute atomic E-state index is 12.0. The number of halogens is 2. The summed E-state index contributed by atoms with van der Waals surface area (Å²) in [6, 6.07) is -0.208. The van der Waals surface area contributed by atoms with Crippen molar-refractivity contribution in [3.63, 3.8) is 0 Å². The molecule has 1 N–H and O–H groups in total. The minimum atomic E-state index is -2.35. The normalized spacial score (nSPS) is 24.3. The second-order valence-corrected chi connectivity index (χ2v) is 3.48. The highest BCUT2D eigenvalue weighted by molar-refractivity contribution is 5.65. The van der Waals surface area contributed by atoms with E-state index in [2.05, 4.69) is 0 Å². The first kappa shape index (κ1) is 11.2. The first-order valence-electron chi connectivity index (χ1n) is 4.50. The van der Waals surface area contributed by atoms with Gasteiger partial charge in [-0.1, -0.05) is 0 Å². The first-order chi connectivity index (χ1) is 6.50. The van der Waals surface area contributed by atoms with E-state index in [9.17, 15) is 13.6 Å². The molecule has 0 aromatic heterocycles. The number of nitrogens with zero attached hydrogens (tertiary/aromatic N) is 2. The molecule has 1 rings (SSSR count). The van der Waals surface area contributed by atoms with E-state index >= 15 is 0 Å². The molecule has 1 heterocycles. The zero-order valence-corrected chi connectivity index (χ0v) is 7.99. The van der Waals surface area contributed by atoms with Gasteiger partial charge in [-0.2, -0.15) is 0 Å². The standard InChI is InChI=1S/C8H14F2N2O2/c1-6-4-11(5-7(9)10)2-3-12(6)8(13)14/h6-7H,2-5H2,1H3,(H,13,14)/t6-/m1/s1. The van der Waals surface area contributed by atoms with Crippen LogP contribution in [0.25, 0.3) is 0 Å². The molecule has 0 aliphatic carbocycles. The van der Waals surface area contributed by atoms with Gasteiger partial charge in [-0.05, 0) is 6.92 Å². The molecule has 6 heteroatoms. The molecule has 0 saturated carbocycles. The zero-order chi connectivity index (χ0) is 10.7. The molecule has 0 bridgehead atoms. The van der Waals surface area contributed by atoms with Crippen molar-refractivity contribution in [1.29, 1.82) is 0 Å². The van der Waals surface area contributed by atoms with Gasteiger partial charge in [-0.25, -0.2) is 13.6 Å². The van der Waals surface area contributed by atoms with Crippen molar-refractivity contribution >= 4 is 6.09 Å². The molecule has 1 fully saturated rings. The topological polar surface area (TPSA) is 43.8 Å². The van der Waals surface area contributed by atoms with E-state index in [0.717, 1.165) is 0 Å². The number of carbonyl (C=O) groups is 1. The van der Waals surface area contributed by atoms with E-state index in [-0.39, 0.29) is 12.6 Å². The van der Waals surface area contributed by atoms with E-state index in [0.29, 0.717) is 19.6 Å². The number of hydrogen-bond acceptors (Lipinski definition) is 2. The summed E-state index contributed by atoms with van der Waals surface area (Å²) in [6.07, 6.45) is -3.33. The Morgan fingerprint density at radius 2 is 2.21 bits per heavy atom. The van der Waals surface area contributed by atoms with Gasteiger partial charge in [0, 0.05) is 25.7 Å². The Bertz CT molecular complexity index is 214. The van der Waals surface area contributed by atoms with Gasteiger partial charge in [0.05, 0.1) is 6.54 Å². The van der Waals surface area contributed by atoms with Crippen LogP contribution in [0.1, 0.15) is 6.92 Å². The van der Waals surface area contributed by atoms with Crippen LogP contribution in [-0.4, -0.2) is 59.6 Å². The fourth-order valence-corrected chi connectivity index (χ4v) is 1.68. The molecule has 4 nitrogen and oxygen atoms in total. The Balaban J connectivity index is 2.42. The Labute approximate surface area is 81.1 Å². The molecule has 82 valence electrons. The first-order valence-corrected chi connectivity index (χ1v) is 4.50. The summed E-state index contributed by atoms with van der Waals surface area (Å²) >= 11 is 0. The lowest BCUT2D eigenvalue weighted by molar-refractivity contribution is 0.0358. The van der Waals surface area contributed by atoms with Crippen LogP contribution in [0.15, 0.2) is 0 Å². The Morgan fingerprint density at radius 1 is 1.57 bits per heavy atom. The highest BCUT2D eigenvalue weighted by Crippen LogP contribution is 2.10. The molecule has 0 unspecified atom stereocenters. The van der Waals surface area contributed by atoms with Crippen molar-refractivity contribution in [2.24, 2.45) is 0 Å². The van der Waals surface area contributed by atoms with Crippen LogP contribution < -0.4 is 0 Å². The highest BCUT2D eigenvalue weighted by atomic mass is 19.3. The van der Waals surface area contributed by atoms with Gasteiger partial charge in [-0.3, -0.25) is 4.90 Å². The van der Waals surface area contributed by atoms with Gasteiger partial charge < -0.3 is 10.0 Å². The quantitative estimate of drug-likeness (QED) is 0.734. The number of piperazine rings is 1. The molecule has 1 amide bonds. The highest BCUT2D eigenvalue weighted by Gasteiger charge is 2.27. The van der Waals surface area contributed by atoms with E-state index < -0.39 is 12.5 Å².